The lowest BCUT2D eigenvalue weighted by atomic mass is 9.88. The first-order chi connectivity index (χ1) is 19.5. The lowest BCUT2D eigenvalue weighted by molar-refractivity contribution is -0.0580. The molecule has 5 atom stereocenters. The zero-order valence-corrected chi connectivity index (χ0v) is 23.4. The maximum Gasteiger partial charge on any atom is 0.167 e. The summed E-state index contributed by atoms with van der Waals surface area (Å²) in [7, 11) is 1.53. The lowest BCUT2D eigenvalue weighted by Crippen LogP contribution is -2.33. The molecule has 1 aliphatic carbocycles. The van der Waals surface area contributed by atoms with Gasteiger partial charge in [-0.05, 0) is 24.0 Å². The fourth-order valence-electron chi connectivity index (χ4n) is 5.32. The summed E-state index contributed by atoms with van der Waals surface area (Å²) in [4.78, 5) is 14.3. The Morgan fingerprint density at radius 2 is 1.95 bits per heavy atom. The number of imidazole rings is 1. The number of aliphatic hydroxyl groups excluding tert-OH is 2. The highest BCUT2D eigenvalue weighted by Gasteiger charge is 2.44. The zero-order valence-electron chi connectivity index (χ0n) is 23.4. The predicted octanol–water partition coefficient (Wildman–Crippen LogP) is 3.10. The van der Waals surface area contributed by atoms with Crippen LogP contribution in [0.5, 0.6) is 0 Å². The van der Waals surface area contributed by atoms with E-state index in [1.165, 1.54) is 18.2 Å². The fourth-order valence-corrected chi connectivity index (χ4v) is 5.32. The van der Waals surface area contributed by atoms with Gasteiger partial charge < -0.3 is 30.3 Å². The quantitative estimate of drug-likeness (QED) is 0.270. The second-order valence-electron chi connectivity index (χ2n) is 10.7. The van der Waals surface area contributed by atoms with Gasteiger partial charge in [0.1, 0.15) is 24.1 Å². The van der Waals surface area contributed by atoms with Crippen molar-refractivity contribution in [2.45, 2.75) is 69.6 Å². The first-order valence-electron chi connectivity index (χ1n) is 14.1. The molecule has 0 saturated carbocycles. The van der Waals surface area contributed by atoms with Crippen molar-refractivity contribution in [2.24, 2.45) is 0 Å². The first kappa shape index (κ1) is 28.4. The van der Waals surface area contributed by atoms with E-state index < -0.39 is 24.5 Å². The number of aliphatic hydroxyl groups is 2. The van der Waals surface area contributed by atoms with E-state index in [0.717, 1.165) is 19.4 Å². The van der Waals surface area contributed by atoms with Crippen molar-refractivity contribution < 1.29 is 19.7 Å². The molecule has 1 saturated heterocycles. The van der Waals surface area contributed by atoms with Crippen molar-refractivity contribution in [1.82, 2.24) is 24.8 Å². The summed E-state index contributed by atoms with van der Waals surface area (Å²) < 4.78 is 12.9. The summed E-state index contributed by atoms with van der Waals surface area (Å²) in [6.07, 6.45) is 7.33. The van der Waals surface area contributed by atoms with E-state index in [1.807, 2.05) is 6.07 Å². The van der Waals surface area contributed by atoms with Gasteiger partial charge in [-0.15, -0.1) is 0 Å². The molecule has 5 rings (SSSR count). The predicted molar refractivity (Wildman–Crippen MR) is 154 cm³/mol. The molecule has 3 aromatic rings. The minimum Gasteiger partial charge on any atom is -0.387 e. The standard InChI is InChI=1S/C30H40N6O4/c1-19(2)31-15-14-24-34-28(32-16-22(20-10-6-4-7-11-20)21-12-8-5-9-13-21)25-29(35-24)36(18-33-25)30-27(38)26(37)23(40-30)17-39-3/h4,6-8,10-13,18-19,22-23,26-27,30-31,37-38H,5,9,14-17H2,1-3H3,(H,32,34,35)/t22?,23-,26-,27-,30-/m1/s1. The SMILES string of the molecule is COC[C@H]1O[C@@H](n2cnc3c(NCC(C4=CCCC=C4)c4ccccc4)nc(CCNC(C)C)nc32)[C@H](O)[C@@H]1O. The molecule has 2 aromatic heterocycles. The normalized spacial score (nSPS) is 23.6. The topological polar surface area (TPSA) is 127 Å². The number of ether oxygens (including phenoxy) is 2. The van der Waals surface area contributed by atoms with Gasteiger partial charge in [-0.1, -0.05) is 62.4 Å². The molecule has 1 aromatic carbocycles. The summed E-state index contributed by atoms with van der Waals surface area (Å²) in [5.41, 5.74) is 3.63. The van der Waals surface area contributed by atoms with Crippen LogP contribution < -0.4 is 10.6 Å². The number of aromatic nitrogens is 4. The number of nitrogens with zero attached hydrogens (tertiary/aromatic N) is 4. The summed E-state index contributed by atoms with van der Waals surface area (Å²) in [6, 6.07) is 10.8. The molecule has 2 aliphatic rings. The summed E-state index contributed by atoms with van der Waals surface area (Å²) in [6.45, 7) is 5.72. The molecule has 0 spiro atoms. The van der Waals surface area contributed by atoms with Crippen molar-refractivity contribution in [3.05, 3.63) is 71.8 Å². The zero-order chi connectivity index (χ0) is 28.1. The number of methoxy groups -OCH3 is 1. The van der Waals surface area contributed by atoms with Gasteiger partial charge in [0.2, 0.25) is 0 Å². The summed E-state index contributed by atoms with van der Waals surface area (Å²) >= 11 is 0. The van der Waals surface area contributed by atoms with Crippen LogP contribution in [0.1, 0.15) is 50.2 Å². The third kappa shape index (κ3) is 6.26. The smallest absolute Gasteiger partial charge is 0.167 e. The van der Waals surface area contributed by atoms with E-state index in [9.17, 15) is 10.2 Å². The Labute approximate surface area is 235 Å². The maximum absolute atomic E-state index is 10.8. The first-order valence-corrected chi connectivity index (χ1v) is 14.1. The second kappa shape index (κ2) is 13.0. The van der Waals surface area contributed by atoms with Crippen LogP contribution in [0, 0.1) is 0 Å². The fraction of sp³-hybridized carbons (Fsp3) is 0.500. The minimum absolute atomic E-state index is 0.140. The van der Waals surface area contributed by atoms with Gasteiger partial charge in [0.25, 0.3) is 0 Å². The molecule has 0 amide bonds. The van der Waals surface area contributed by atoms with E-state index in [4.69, 9.17) is 19.4 Å². The largest absolute Gasteiger partial charge is 0.387 e. The molecule has 10 nitrogen and oxygen atoms in total. The van der Waals surface area contributed by atoms with E-state index in [1.54, 1.807) is 10.9 Å². The van der Waals surface area contributed by atoms with Crippen molar-refractivity contribution in [3.63, 3.8) is 0 Å². The molecule has 0 radical (unpaired) electrons. The highest BCUT2D eigenvalue weighted by atomic mass is 16.6. The van der Waals surface area contributed by atoms with Crippen LogP contribution in [-0.2, 0) is 15.9 Å². The average Bonchev–Trinajstić information content (AvgIpc) is 3.50. The van der Waals surface area contributed by atoms with Crippen LogP contribution in [0.4, 0.5) is 5.82 Å². The number of fused-ring (bicyclic) bond motifs is 1. The van der Waals surface area contributed by atoms with E-state index in [-0.39, 0.29) is 12.5 Å². The Kier molecular flexibility index (Phi) is 9.23. The third-order valence-corrected chi connectivity index (χ3v) is 7.41. The number of nitrogens with one attached hydrogen (secondary N) is 2. The van der Waals surface area contributed by atoms with Crippen LogP contribution in [0.2, 0.25) is 0 Å². The minimum atomic E-state index is -1.15. The Balaban J connectivity index is 1.47. The Morgan fingerprint density at radius 3 is 2.67 bits per heavy atom. The number of hydrogen-bond acceptors (Lipinski definition) is 9. The Morgan fingerprint density at radius 1 is 1.12 bits per heavy atom. The molecule has 1 unspecified atom stereocenters. The Hall–Kier alpha value is -3.15. The number of anilines is 1. The molecule has 0 bridgehead atoms. The molecule has 214 valence electrons. The second-order valence-corrected chi connectivity index (χ2v) is 10.7. The average molecular weight is 549 g/mol. The molecule has 40 heavy (non-hydrogen) atoms. The van der Waals surface area contributed by atoms with Gasteiger partial charge in [-0.3, -0.25) is 4.57 Å². The van der Waals surface area contributed by atoms with Crippen LogP contribution in [0.3, 0.4) is 0 Å². The monoisotopic (exact) mass is 548 g/mol. The maximum atomic E-state index is 10.8. The van der Waals surface area contributed by atoms with Crippen LogP contribution in [-0.4, -0.2) is 80.9 Å². The molecule has 4 N–H and O–H groups in total. The van der Waals surface area contributed by atoms with Crippen LogP contribution in [0.25, 0.3) is 11.2 Å². The van der Waals surface area contributed by atoms with Crippen molar-refractivity contribution in [2.75, 3.05) is 32.1 Å². The van der Waals surface area contributed by atoms with E-state index >= 15 is 0 Å². The molecular weight excluding hydrogens is 508 g/mol. The number of benzene rings is 1. The molecule has 1 fully saturated rings. The van der Waals surface area contributed by atoms with Gasteiger partial charge in [-0.2, -0.15) is 0 Å². The molecule has 1 aliphatic heterocycles. The number of hydrogen-bond donors (Lipinski definition) is 4. The van der Waals surface area contributed by atoms with Gasteiger partial charge in [0, 0.05) is 38.6 Å². The molecule has 10 heteroatoms. The van der Waals surface area contributed by atoms with Gasteiger partial charge >= 0.3 is 0 Å². The van der Waals surface area contributed by atoms with Crippen LogP contribution >= 0.6 is 0 Å². The van der Waals surface area contributed by atoms with E-state index in [0.29, 0.717) is 41.8 Å². The van der Waals surface area contributed by atoms with Crippen molar-refractivity contribution in [1.29, 1.82) is 0 Å². The van der Waals surface area contributed by atoms with Crippen molar-refractivity contribution >= 4 is 17.0 Å². The van der Waals surface area contributed by atoms with Gasteiger partial charge in [0.05, 0.1) is 12.9 Å². The lowest BCUT2D eigenvalue weighted by Gasteiger charge is -2.22. The number of rotatable bonds is 12. The van der Waals surface area contributed by atoms with E-state index in [2.05, 4.69) is 72.0 Å². The highest BCUT2D eigenvalue weighted by molar-refractivity contribution is 5.83. The Bertz CT molecular complexity index is 1320. The van der Waals surface area contributed by atoms with Crippen LogP contribution in [0.15, 0.2) is 60.5 Å². The summed E-state index contributed by atoms with van der Waals surface area (Å²) in [5, 5.41) is 28.3. The van der Waals surface area contributed by atoms with Crippen molar-refractivity contribution in [3.8, 4) is 0 Å². The molecule has 3 heterocycles. The molecular formula is C30H40N6O4. The van der Waals surface area contributed by atoms with Gasteiger partial charge in [0.15, 0.2) is 23.2 Å². The third-order valence-electron chi connectivity index (χ3n) is 7.41. The summed E-state index contributed by atoms with van der Waals surface area (Å²) in [5.74, 6) is 1.42. The highest BCUT2D eigenvalue weighted by Crippen LogP contribution is 2.34. The van der Waals surface area contributed by atoms with Gasteiger partial charge in [-0.25, -0.2) is 15.0 Å². The number of allylic oxidation sites excluding steroid dienone is 3.